The van der Waals surface area contributed by atoms with E-state index in [1.807, 2.05) is 0 Å². The van der Waals surface area contributed by atoms with Gasteiger partial charge in [0.05, 0.1) is 5.69 Å². The van der Waals surface area contributed by atoms with Gasteiger partial charge >= 0.3 is 6.36 Å². The summed E-state index contributed by atoms with van der Waals surface area (Å²) < 4.78 is 41.2. The molecule has 2 heterocycles. The number of amides is 1. The summed E-state index contributed by atoms with van der Waals surface area (Å²) >= 11 is 5.61. The molecule has 1 saturated heterocycles. The monoisotopic (exact) mass is 432 g/mol. The second-order valence-corrected chi connectivity index (χ2v) is 7.50. The average molecular weight is 432 g/mol. The van der Waals surface area contributed by atoms with E-state index in [1.54, 1.807) is 17.9 Å². The van der Waals surface area contributed by atoms with Gasteiger partial charge in [0.2, 0.25) is 0 Å². The minimum absolute atomic E-state index is 0.203. The SMILES string of the molecule is [C-]#[N+]c1ncc(N2C(=O)C3(CCC3)N(c3ccc(OC(F)(F)F)cc3)C2=S)cc1C. The number of rotatable bonds is 3. The lowest BCUT2D eigenvalue weighted by Gasteiger charge is -2.43. The van der Waals surface area contributed by atoms with Gasteiger partial charge in [-0.3, -0.25) is 9.69 Å². The van der Waals surface area contributed by atoms with Crippen molar-refractivity contribution in [2.75, 3.05) is 9.80 Å². The fourth-order valence-electron chi connectivity index (χ4n) is 3.80. The predicted molar refractivity (Wildman–Crippen MR) is 108 cm³/mol. The molecule has 2 fully saturated rings. The highest BCUT2D eigenvalue weighted by molar-refractivity contribution is 7.81. The van der Waals surface area contributed by atoms with Crippen LogP contribution in [-0.2, 0) is 4.79 Å². The second kappa shape index (κ2) is 6.95. The number of thiocarbonyl (C=S) groups is 1. The standard InChI is InChI=1S/C20H15F3N4O2S/c1-12-10-14(11-25-16(12)24-2)26-17(28)19(8-3-9-19)27(18(26)30)13-4-6-15(7-5-13)29-20(21,22)23/h4-7,10-11H,3,8-9H2,1H3. The van der Waals surface area contributed by atoms with Crippen molar-refractivity contribution in [2.24, 2.45) is 0 Å². The van der Waals surface area contributed by atoms with Crippen LogP contribution in [0.5, 0.6) is 5.75 Å². The number of aryl methyl sites for hydroxylation is 1. The van der Waals surface area contributed by atoms with Crippen LogP contribution in [0.4, 0.5) is 30.4 Å². The third-order valence-corrected chi connectivity index (χ3v) is 5.69. The van der Waals surface area contributed by atoms with Gasteiger partial charge < -0.3 is 14.5 Å². The summed E-state index contributed by atoms with van der Waals surface area (Å²) in [6.45, 7) is 8.86. The Balaban J connectivity index is 1.70. The Bertz CT molecular complexity index is 1070. The van der Waals surface area contributed by atoms with E-state index in [9.17, 15) is 18.0 Å². The van der Waals surface area contributed by atoms with Crippen molar-refractivity contribution in [3.63, 3.8) is 0 Å². The van der Waals surface area contributed by atoms with Crippen LogP contribution in [0.25, 0.3) is 4.85 Å². The Morgan fingerprint density at radius 3 is 2.40 bits per heavy atom. The lowest BCUT2D eigenvalue weighted by Crippen LogP contribution is -2.55. The first-order chi connectivity index (χ1) is 14.2. The molecule has 4 rings (SSSR count). The van der Waals surface area contributed by atoms with E-state index in [0.29, 0.717) is 29.8 Å². The third-order valence-electron chi connectivity index (χ3n) is 5.32. The Kier molecular flexibility index (Phi) is 4.66. The molecule has 6 nitrogen and oxygen atoms in total. The summed E-state index contributed by atoms with van der Waals surface area (Å²) in [4.78, 5) is 23.9. The molecule has 1 aliphatic carbocycles. The number of hydrogen-bond donors (Lipinski definition) is 0. The van der Waals surface area contributed by atoms with E-state index in [4.69, 9.17) is 18.8 Å². The van der Waals surface area contributed by atoms with E-state index < -0.39 is 11.9 Å². The van der Waals surface area contributed by atoms with Gasteiger partial charge in [0, 0.05) is 5.69 Å². The molecule has 1 aromatic heterocycles. The predicted octanol–water partition coefficient (Wildman–Crippen LogP) is 4.90. The van der Waals surface area contributed by atoms with Crippen LogP contribution in [0.2, 0.25) is 0 Å². The molecule has 0 radical (unpaired) electrons. The molecule has 2 aliphatic rings. The molecule has 0 unspecified atom stereocenters. The van der Waals surface area contributed by atoms with Crippen LogP contribution in [0.3, 0.4) is 0 Å². The smallest absolute Gasteiger partial charge is 0.406 e. The Morgan fingerprint density at radius 1 is 1.23 bits per heavy atom. The zero-order chi connectivity index (χ0) is 21.7. The van der Waals surface area contributed by atoms with Gasteiger partial charge in [0.25, 0.3) is 11.7 Å². The van der Waals surface area contributed by atoms with Gasteiger partial charge in [-0.1, -0.05) is 6.57 Å². The number of halogens is 3. The molecule has 1 aliphatic heterocycles. The van der Waals surface area contributed by atoms with Gasteiger partial charge in [-0.2, -0.15) is 0 Å². The largest absolute Gasteiger partial charge is 0.573 e. The normalized spacial score (nSPS) is 17.8. The Labute approximate surface area is 175 Å². The first-order valence-electron chi connectivity index (χ1n) is 9.05. The molecule has 0 bridgehead atoms. The van der Waals surface area contributed by atoms with E-state index in [1.165, 1.54) is 35.4 Å². The molecule has 0 atom stereocenters. The van der Waals surface area contributed by atoms with Crippen molar-refractivity contribution >= 4 is 40.4 Å². The first kappa shape index (κ1) is 20.1. The number of pyridine rings is 1. The topological polar surface area (TPSA) is 50.0 Å². The number of ether oxygens (including phenoxy) is 1. The number of carbonyl (C=O) groups is 1. The minimum Gasteiger partial charge on any atom is -0.406 e. The fourth-order valence-corrected chi connectivity index (χ4v) is 4.27. The van der Waals surface area contributed by atoms with Gasteiger partial charge in [0.1, 0.15) is 17.5 Å². The average Bonchev–Trinajstić information content (AvgIpc) is 2.88. The Hall–Kier alpha value is -3.19. The number of anilines is 2. The third kappa shape index (κ3) is 3.15. The summed E-state index contributed by atoms with van der Waals surface area (Å²) in [6, 6.07) is 6.98. The lowest BCUT2D eigenvalue weighted by molar-refractivity contribution is -0.274. The molecular weight excluding hydrogens is 417 g/mol. The van der Waals surface area contributed by atoms with Crippen LogP contribution in [0.15, 0.2) is 36.5 Å². The van der Waals surface area contributed by atoms with Crippen molar-refractivity contribution in [3.05, 3.63) is 53.5 Å². The van der Waals surface area contributed by atoms with Crippen molar-refractivity contribution in [1.82, 2.24) is 4.98 Å². The van der Waals surface area contributed by atoms with Crippen LogP contribution < -0.4 is 14.5 Å². The number of benzene rings is 1. The van der Waals surface area contributed by atoms with Gasteiger partial charge in [-0.25, -0.2) is 0 Å². The summed E-state index contributed by atoms with van der Waals surface area (Å²) in [5.41, 5.74) is 0.719. The van der Waals surface area contributed by atoms with Gasteiger partial charge in [-0.15, -0.1) is 18.2 Å². The molecule has 154 valence electrons. The fraction of sp³-hybridized carbons (Fsp3) is 0.300. The zero-order valence-electron chi connectivity index (χ0n) is 15.7. The minimum atomic E-state index is -4.78. The Morgan fingerprint density at radius 2 is 1.90 bits per heavy atom. The number of aromatic nitrogens is 1. The van der Waals surface area contributed by atoms with Crippen molar-refractivity contribution in [2.45, 2.75) is 38.1 Å². The van der Waals surface area contributed by atoms with Crippen LogP contribution in [0.1, 0.15) is 24.8 Å². The summed E-state index contributed by atoms with van der Waals surface area (Å²) in [5, 5.41) is 0.223. The van der Waals surface area contributed by atoms with E-state index >= 15 is 0 Å². The molecule has 1 saturated carbocycles. The maximum atomic E-state index is 13.4. The highest BCUT2D eigenvalue weighted by Gasteiger charge is 2.59. The number of alkyl halides is 3. The second-order valence-electron chi connectivity index (χ2n) is 7.13. The quantitative estimate of drug-likeness (QED) is 0.510. The molecule has 10 heteroatoms. The summed E-state index contributed by atoms with van der Waals surface area (Å²) in [7, 11) is 0. The van der Waals surface area contributed by atoms with Crippen molar-refractivity contribution in [3.8, 4) is 5.75 Å². The van der Waals surface area contributed by atoms with Gasteiger partial charge in [0.15, 0.2) is 5.11 Å². The maximum Gasteiger partial charge on any atom is 0.573 e. The molecule has 1 aromatic carbocycles. The van der Waals surface area contributed by atoms with Crippen LogP contribution in [0, 0.1) is 13.5 Å². The van der Waals surface area contributed by atoms with Crippen LogP contribution >= 0.6 is 12.2 Å². The molecule has 1 spiro atoms. The molecular formula is C20H15F3N4O2S. The molecule has 1 amide bonds. The van der Waals surface area contributed by atoms with E-state index in [0.717, 1.165) is 6.42 Å². The molecule has 2 aromatic rings. The molecule has 0 N–H and O–H groups in total. The molecule has 30 heavy (non-hydrogen) atoms. The van der Waals surface area contributed by atoms with Gasteiger partial charge in [-0.05, 0) is 74.3 Å². The van der Waals surface area contributed by atoms with E-state index in [-0.39, 0.29) is 22.6 Å². The first-order valence-corrected chi connectivity index (χ1v) is 9.46. The lowest BCUT2D eigenvalue weighted by atomic mass is 9.75. The van der Waals surface area contributed by atoms with Crippen molar-refractivity contribution < 1.29 is 22.7 Å². The number of carbonyl (C=O) groups excluding carboxylic acids is 1. The highest BCUT2D eigenvalue weighted by atomic mass is 32.1. The summed E-state index contributed by atoms with van der Waals surface area (Å²) in [6.07, 6.45) is -1.36. The zero-order valence-corrected chi connectivity index (χ0v) is 16.5. The van der Waals surface area contributed by atoms with E-state index in [2.05, 4.69) is 14.6 Å². The highest BCUT2D eigenvalue weighted by Crippen LogP contribution is 2.48. The van der Waals surface area contributed by atoms with Crippen molar-refractivity contribution in [1.29, 1.82) is 0 Å². The maximum absolute atomic E-state index is 13.4. The number of nitrogens with zero attached hydrogens (tertiary/aromatic N) is 4. The summed E-state index contributed by atoms with van der Waals surface area (Å²) in [5.74, 6) is -0.310. The number of hydrogen-bond acceptors (Lipinski definition) is 4. The van der Waals surface area contributed by atoms with Crippen LogP contribution in [-0.4, -0.2) is 27.9 Å².